The van der Waals surface area contributed by atoms with E-state index in [-0.39, 0.29) is 28.4 Å². The highest BCUT2D eigenvalue weighted by Crippen LogP contribution is 2.33. The monoisotopic (exact) mass is 377 g/mol. The minimum Gasteiger partial charge on any atom is -0.348 e. The second kappa shape index (κ2) is 6.70. The molecule has 1 aliphatic heterocycles. The summed E-state index contributed by atoms with van der Waals surface area (Å²) in [6.07, 6.45) is 1.25. The molecule has 2 aromatic heterocycles. The first-order valence-electron chi connectivity index (χ1n) is 7.04. The number of alkyl halides is 2. The van der Waals surface area contributed by atoms with E-state index in [2.05, 4.69) is 20.3 Å². The molecule has 1 fully saturated rings. The van der Waals surface area contributed by atoms with Crippen molar-refractivity contribution in [3.05, 3.63) is 34.5 Å². The summed E-state index contributed by atoms with van der Waals surface area (Å²) in [6.45, 7) is -0.376. The first-order valence-corrected chi connectivity index (χ1v) is 7.80. The Morgan fingerprint density at radius 2 is 2.04 bits per heavy atom. The molecule has 0 aliphatic carbocycles. The first kappa shape index (κ1) is 17.2. The summed E-state index contributed by atoms with van der Waals surface area (Å²) in [7, 11) is 0. The summed E-state index contributed by atoms with van der Waals surface area (Å²) in [4.78, 5) is 13.0. The number of pyridine rings is 1. The molecule has 3 rings (SSSR count). The van der Waals surface area contributed by atoms with Gasteiger partial charge < -0.3 is 10.2 Å². The van der Waals surface area contributed by atoms with Gasteiger partial charge in [-0.05, 0) is 6.07 Å². The van der Waals surface area contributed by atoms with E-state index in [1.54, 1.807) is 0 Å². The molecule has 0 saturated carbocycles. The van der Waals surface area contributed by atoms with Gasteiger partial charge in [0.15, 0.2) is 16.8 Å². The molecule has 3 heterocycles. The third-order valence-corrected chi connectivity index (χ3v) is 4.16. The number of hydrogen-bond acceptors (Lipinski definition) is 5. The lowest BCUT2D eigenvalue weighted by molar-refractivity contribution is 0.0156. The van der Waals surface area contributed by atoms with Crippen molar-refractivity contribution in [2.24, 2.45) is 0 Å². The normalized spacial score (nSPS) is 17.6. The number of aromatic nitrogens is 3. The summed E-state index contributed by atoms with van der Waals surface area (Å²) in [6, 6.07) is 2.62. The zero-order valence-corrected chi connectivity index (χ0v) is 13.8. The Hall–Kier alpha value is -1.64. The van der Waals surface area contributed by atoms with Gasteiger partial charge in [-0.15, -0.1) is 0 Å². The molecule has 5 nitrogen and oxygen atoms in total. The number of rotatable bonds is 2. The zero-order valence-electron chi connectivity index (χ0n) is 12.2. The predicted molar refractivity (Wildman–Crippen MR) is 85.3 cm³/mol. The van der Waals surface area contributed by atoms with Crippen LogP contribution in [0.5, 0.6) is 0 Å². The van der Waals surface area contributed by atoms with E-state index in [9.17, 15) is 13.2 Å². The molecule has 1 N–H and O–H groups in total. The van der Waals surface area contributed by atoms with Gasteiger partial charge in [-0.1, -0.05) is 23.2 Å². The molecule has 0 unspecified atom stereocenters. The van der Waals surface area contributed by atoms with Gasteiger partial charge in [-0.3, -0.25) is 0 Å². The van der Waals surface area contributed by atoms with E-state index < -0.39 is 25.0 Å². The molecule has 0 atom stereocenters. The maximum Gasteiger partial charge on any atom is 0.277 e. The van der Waals surface area contributed by atoms with Crippen LogP contribution in [0.25, 0.3) is 11.4 Å². The molecule has 1 aliphatic rings. The van der Waals surface area contributed by atoms with Crippen LogP contribution >= 0.6 is 23.2 Å². The van der Waals surface area contributed by atoms with Crippen molar-refractivity contribution >= 4 is 29.0 Å². The molecule has 128 valence electrons. The quantitative estimate of drug-likeness (QED) is 0.643. The Morgan fingerprint density at radius 3 is 2.79 bits per heavy atom. The number of hydrogen-bond donors (Lipinski definition) is 1. The standard InChI is InChI=1S/C14H12Cl2F3N5/c15-10-11(16)22-12(8-1-2-21-9(17)5-8)23-13(10)24-4-3-20-6-14(18,19)7-24/h1-2,5,20H,3-4,6-7H2. The third kappa shape index (κ3) is 3.71. The van der Waals surface area contributed by atoms with Gasteiger partial charge in [0, 0.05) is 30.9 Å². The van der Waals surface area contributed by atoms with Crippen LogP contribution < -0.4 is 10.2 Å². The predicted octanol–water partition coefficient (Wildman–Crippen LogP) is 3.03. The Balaban J connectivity index is 2.04. The van der Waals surface area contributed by atoms with Crippen LogP contribution in [0, 0.1) is 5.95 Å². The van der Waals surface area contributed by atoms with Gasteiger partial charge in [0.1, 0.15) is 5.02 Å². The van der Waals surface area contributed by atoms with E-state index in [0.717, 1.165) is 6.07 Å². The fraction of sp³-hybridized carbons (Fsp3) is 0.357. The van der Waals surface area contributed by atoms with E-state index in [1.807, 2.05) is 0 Å². The maximum atomic E-state index is 13.8. The van der Waals surface area contributed by atoms with Gasteiger partial charge in [-0.2, -0.15) is 4.39 Å². The highest BCUT2D eigenvalue weighted by Gasteiger charge is 2.35. The molecular weight excluding hydrogens is 366 g/mol. The SMILES string of the molecule is Fc1cc(-c2nc(Cl)c(Cl)c(N3CCNCC(F)(F)C3)n2)ccn1. The molecule has 1 saturated heterocycles. The lowest BCUT2D eigenvalue weighted by Gasteiger charge is -2.25. The van der Waals surface area contributed by atoms with E-state index in [1.165, 1.54) is 17.2 Å². The molecule has 10 heteroatoms. The lowest BCUT2D eigenvalue weighted by atomic mass is 10.2. The molecule has 0 aromatic carbocycles. The largest absolute Gasteiger partial charge is 0.348 e. The zero-order chi connectivity index (χ0) is 17.3. The average Bonchev–Trinajstić information content (AvgIpc) is 2.70. The molecule has 0 amide bonds. The van der Waals surface area contributed by atoms with Crippen LogP contribution in [0.4, 0.5) is 19.0 Å². The summed E-state index contributed by atoms with van der Waals surface area (Å²) >= 11 is 12.1. The minimum absolute atomic E-state index is 0.0207. The second-order valence-electron chi connectivity index (χ2n) is 5.30. The number of halogens is 5. The van der Waals surface area contributed by atoms with E-state index in [0.29, 0.717) is 12.1 Å². The highest BCUT2D eigenvalue weighted by atomic mass is 35.5. The fourth-order valence-electron chi connectivity index (χ4n) is 2.37. The van der Waals surface area contributed by atoms with Crippen molar-refractivity contribution in [3.63, 3.8) is 0 Å². The van der Waals surface area contributed by atoms with Gasteiger partial charge >= 0.3 is 0 Å². The lowest BCUT2D eigenvalue weighted by Crippen LogP contribution is -2.39. The fourth-order valence-corrected chi connectivity index (χ4v) is 2.74. The first-order chi connectivity index (χ1) is 11.4. The molecule has 24 heavy (non-hydrogen) atoms. The van der Waals surface area contributed by atoms with Crippen molar-refractivity contribution in [2.75, 3.05) is 31.1 Å². The topological polar surface area (TPSA) is 53.9 Å². The van der Waals surface area contributed by atoms with Gasteiger partial charge in [-0.25, -0.2) is 23.7 Å². The van der Waals surface area contributed by atoms with Crippen LogP contribution in [-0.2, 0) is 0 Å². The van der Waals surface area contributed by atoms with Gasteiger partial charge in [0.25, 0.3) is 5.92 Å². The van der Waals surface area contributed by atoms with Crippen LogP contribution in [0.15, 0.2) is 18.3 Å². The molecule has 0 spiro atoms. The smallest absolute Gasteiger partial charge is 0.277 e. The Bertz CT molecular complexity index is 759. The molecule has 2 aromatic rings. The van der Waals surface area contributed by atoms with Crippen molar-refractivity contribution in [3.8, 4) is 11.4 Å². The van der Waals surface area contributed by atoms with Crippen LogP contribution in [0.3, 0.4) is 0 Å². The van der Waals surface area contributed by atoms with Crippen LogP contribution in [0.2, 0.25) is 10.2 Å². The summed E-state index contributed by atoms with van der Waals surface area (Å²) in [5, 5.41) is 2.55. The Kier molecular flexibility index (Phi) is 4.80. The second-order valence-corrected chi connectivity index (χ2v) is 6.03. The van der Waals surface area contributed by atoms with Crippen molar-refractivity contribution in [1.82, 2.24) is 20.3 Å². The molecular formula is C14H12Cl2F3N5. The van der Waals surface area contributed by atoms with Crippen molar-refractivity contribution < 1.29 is 13.2 Å². The average molecular weight is 378 g/mol. The van der Waals surface area contributed by atoms with Crippen LogP contribution in [-0.4, -0.2) is 47.1 Å². The van der Waals surface area contributed by atoms with E-state index >= 15 is 0 Å². The minimum atomic E-state index is -2.94. The van der Waals surface area contributed by atoms with Crippen LogP contribution in [0.1, 0.15) is 0 Å². The van der Waals surface area contributed by atoms with Crippen molar-refractivity contribution in [2.45, 2.75) is 5.92 Å². The summed E-state index contributed by atoms with van der Waals surface area (Å²) in [5.41, 5.74) is 0.321. The van der Waals surface area contributed by atoms with Gasteiger partial charge in [0.2, 0.25) is 5.95 Å². The number of nitrogens with zero attached hydrogens (tertiary/aromatic N) is 4. The Labute approximate surface area is 145 Å². The highest BCUT2D eigenvalue weighted by molar-refractivity contribution is 6.42. The summed E-state index contributed by atoms with van der Waals surface area (Å²) < 4.78 is 41.0. The summed E-state index contributed by atoms with van der Waals surface area (Å²) in [5.74, 6) is -3.48. The third-order valence-electron chi connectivity index (χ3n) is 3.44. The number of nitrogens with one attached hydrogen (secondary N) is 1. The molecule has 0 bridgehead atoms. The van der Waals surface area contributed by atoms with Gasteiger partial charge in [0.05, 0.1) is 13.1 Å². The maximum absolute atomic E-state index is 13.8. The molecule has 0 radical (unpaired) electrons. The number of anilines is 1. The van der Waals surface area contributed by atoms with Crippen molar-refractivity contribution in [1.29, 1.82) is 0 Å². The Morgan fingerprint density at radius 1 is 1.25 bits per heavy atom. The van der Waals surface area contributed by atoms with E-state index in [4.69, 9.17) is 23.2 Å².